The summed E-state index contributed by atoms with van der Waals surface area (Å²) in [4.78, 5) is 14.5. The first-order valence-electron chi connectivity index (χ1n) is 9.29. The largest absolute Gasteiger partial charge is 0.366 e. The highest BCUT2D eigenvalue weighted by Gasteiger charge is 2.24. The number of nitrogens with zero attached hydrogens (tertiary/aromatic N) is 2. The van der Waals surface area contributed by atoms with Gasteiger partial charge in [-0.25, -0.2) is 0 Å². The molecule has 1 heterocycles. The van der Waals surface area contributed by atoms with E-state index in [2.05, 4.69) is 30.5 Å². The summed E-state index contributed by atoms with van der Waals surface area (Å²) in [6.45, 7) is 6.08. The Morgan fingerprint density at radius 3 is 2.38 bits per heavy atom. The first-order valence-corrected chi connectivity index (χ1v) is 9.67. The van der Waals surface area contributed by atoms with Crippen molar-refractivity contribution in [2.45, 2.75) is 46.1 Å². The van der Waals surface area contributed by atoms with E-state index in [0.717, 1.165) is 55.6 Å². The van der Waals surface area contributed by atoms with Crippen molar-refractivity contribution in [1.29, 1.82) is 0 Å². The number of carbonyl (C=O) groups is 1. The number of halogens is 1. The lowest BCUT2D eigenvalue weighted by Gasteiger charge is -2.15. The quantitative estimate of drug-likeness (QED) is 0.701. The Hall–Kier alpha value is -1.78. The number of carbonyl (C=O) groups excluding carboxylic acids is 1. The lowest BCUT2D eigenvalue weighted by atomic mass is 9.97. The molecule has 0 aliphatic carbocycles. The zero-order chi connectivity index (χ0) is 19.3. The lowest BCUT2D eigenvalue weighted by molar-refractivity contribution is 0.1000. The molecule has 1 aromatic heterocycles. The summed E-state index contributed by atoms with van der Waals surface area (Å²) in [5, 5.41) is 0.687. The normalized spacial score (nSPS) is 11.3. The minimum atomic E-state index is -0.364. The number of nitrogens with two attached hydrogens (primary N) is 1. The van der Waals surface area contributed by atoms with Crippen molar-refractivity contribution in [2.24, 2.45) is 5.73 Å². The number of aromatic nitrogens is 1. The molecule has 0 aliphatic rings. The Kier molecular flexibility index (Phi) is 7.30. The van der Waals surface area contributed by atoms with Crippen LogP contribution in [0.1, 0.15) is 47.9 Å². The van der Waals surface area contributed by atoms with Gasteiger partial charge in [0.1, 0.15) is 0 Å². The van der Waals surface area contributed by atoms with Gasteiger partial charge in [-0.05, 0) is 64.5 Å². The molecule has 0 saturated heterocycles. The highest BCUT2D eigenvalue weighted by molar-refractivity contribution is 6.30. The minimum Gasteiger partial charge on any atom is -0.366 e. The van der Waals surface area contributed by atoms with Crippen LogP contribution < -0.4 is 5.73 Å². The molecule has 0 fully saturated rings. The molecule has 0 aliphatic heterocycles. The summed E-state index contributed by atoms with van der Waals surface area (Å²) < 4.78 is 2.29. The molecule has 2 N–H and O–H groups in total. The van der Waals surface area contributed by atoms with Gasteiger partial charge in [0.15, 0.2) is 0 Å². The van der Waals surface area contributed by atoms with Gasteiger partial charge in [0.2, 0.25) is 0 Å². The number of unbranched alkanes of at least 4 members (excludes halogenated alkanes) is 1. The van der Waals surface area contributed by atoms with Crippen LogP contribution in [-0.2, 0) is 13.0 Å². The summed E-state index contributed by atoms with van der Waals surface area (Å²) in [5.41, 5.74) is 10.6. The highest BCUT2D eigenvalue weighted by Crippen LogP contribution is 2.34. The van der Waals surface area contributed by atoms with Gasteiger partial charge >= 0.3 is 0 Å². The molecule has 4 nitrogen and oxygen atoms in total. The average molecular weight is 376 g/mol. The molecule has 142 valence electrons. The predicted molar refractivity (Wildman–Crippen MR) is 110 cm³/mol. The van der Waals surface area contributed by atoms with Gasteiger partial charge in [0.25, 0.3) is 5.91 Å². The van der Waals surface area contributed by atoms with Crippen molar-refractivity contribution >= 4 is 17.5 Å². The van der Waals surface area contributed by atoms with E-state index in [-0.39, 0.29) is 5.91 Å². The van der Waals surface area contributed by atoms with Gasteiger partial charge < -0.3 is 15.2 Å². The van der Waals surface area contributed by atoms with E-state index in [1.807, 2.05) is 31.2 Å². The van der Waals surface area contributed by atoms with Crippen molar-refractivity contribution in [2.75, 3.05) is 20.6 Å². The van der Waals surface area contributed by atoms with E-state index in [0.29, 0.717) is 10.6 Å². The maximum absolute atomic E-state index is 12.3. The second-order valence-electron chi connectivity index (χ2n) is 7.07. The monoisotopic (exact) mass is 375 g/mol. The summed E-state index contributed by atoms with van der Waals surface area (Å²) in [6.07, 6.45) is 4.15. The van der Waals surface area contributed by atoms with E-state index in [1.54, 1.807) is 0 Å². The smallest absolute Gasteiger partial charge is 0.251 e. The Morgan fingerprint density at radius 1 is 1.19 bits per heavy atom. The molecule has 0 spiro atoms. The Labute approximate surface area is 161 Å². The van der Waals surface area contributed by atoms with Crippen LogP contribution in [0.4, 0.5) is 0 Å². The van der Waals surface area contributed by atoms with E-state index in [9.17, 15) is 4.79 Å². The molecule has 2 aromatic rings. The number of hydrogen-bond donors (Lipinski definition) is 1. The molecule has 26 heavy (non-hydrogen) atoms. The van der Waals surface area contributed by atoms with Crippen molar-refractivity contribution in [1.82, 2.24) is 9.47 Å². The zero-order valence-corrected chi connectivity index (χ0v) is 17.1. The standard InChI is InChI=1S/C21H30ClN3O/c1-5-6-8-18-20(16-9-11-17(22)12-10-16)19(21(23)26)15(2)25(18)14-7-13-24(3)4/h9-12H,5-8,13-14H2,1-4H3,(H2,23,26). The number of hydrogen-bond acceptors (Lipinski definition) is 2. The fourth-order valence-corrected chi connectivity index (χ4v) is 3.60. The molecular weight excluding hydrogens is 346 g/mol. The van der Waals surface area contributed by atoms with Gasteiger partial charge in [-0.2, -0.15) is 0 Å². The van der Waals surface area contributed by atoms with Gasteiger partial charge in [-0.1, -0.05) is 37.1 Å². The van der Waals surface area contributed by atoms with Crippen molar-refractivity contribution in [3.63, 3.8) is 0 Å². The molecular formula is C21H30ClN3O. The molecule has 2 rings (SSSR count). The Morgan fingerprint density at radius 2 is 1.85 bits per heavy atom. The van der Waals surface area contributed by atoms with E-state index in [1.165, 1.54) is 5.69 Å². The summed E-state index contributed by atoms with van der Waals surface area (Å²) in [5.74, 6) is -0.364. The van der Waals surface area contributed by atoms with Crippen molar-refractivity contribution in [3.05, 3.63) is 46.2 Å². The lowest BCUT2D eigenvalue weighted by Crippen LogP contribution is -2.17. The number of rotatable bonds is 9. The van der Waals surface area contributed by atoms with Crippen LogP contribution in [0.5, 0.6) is 0 Å². The predicted octanol–water partition coefficient (Wildman–Crippen LogP) is 4.51. The maximum atomic E-state index is 12.3. The topological polar surface area (TPSA) is 51.3 Å². The minimum absolute atomic E-state index is 0.364. The number of primary amides is 1. The van der Waals surface area contributed by atoms with Gasteiger partial charge in [0, 0.05) is 28.5 Å². The molecule has 0 radical (unpaired) electrons. The summed E-state index contributed by atoms with van der Waals surface area (Å²) in [7, 11) is 4.16. The molecule has 5 heteroatoms. The van der Waals surface area contributed by atoms with Crippen LogP contribution >= 0.6 is 11.6 Å². The highest BCUT2D eigenvalue weighted by atomic mass is 35.5. The van der Waals surface area contributed by atoms with E-state index in [4.69, 9.17) is 17.3 Å². The van der Waals surface area contributed by atoms with Crippen LogP contribution in [-0.4, -0.2) is 36.0 Å². The van der Waals surface area contributed by atoms with Crippen LogP contribution in [0.15, 0.2) is 24.3 Å². The Balaban J connectivity index is 2.58. The molecule has 0 atom stereocenters. The number of amides is 1. The second kappa shape index (κ2) is 9.24. The van der Waals surface area contributed by atoms with E-state index >= 15 is 0 Å². The van der Waals surface area contributed by atoms with Gasteiger partial charge in [0.05, 0.1) is 5.56 Å². The van der Waals surface area contributed by atoms with Crippen LogP contribution in [0.3, 0.4) is 0 Å². The van der Waals surface area contributed by atoms with E-state index < -0.39 is 0 Å². The van der Waals surface area contributed by atoms with Gasteiger partial charge in [-0.15, -0.1) is 0 Å². The fourth-order valence-electron chi connectivity index (χ4n) is 3.48. The molecule has 1 aromatic carbocycles. The average Bonchev–Trinajstić information content (AvgIpc) is 2.86. The third kappa shape index (κ3) is 4.68. The van der Waals surface area contributed by atoms with Crippen LogP contribution in [0.25, 0.3) is 11.1 Å². The molecule has 0 unspecified atom stereocenters. The fraction of sp³-hybridized carbons (Fsp3) is 0.476. The first-order chi connectivity index (χ1) is 12.4. The SMILES string of the molecule is CCCCc1c(-c2ccc(Cl)cc2)c(C(N)=O)c(C)n1CCCN(C)C. The molecule has 1 amide bonds. The third-order valence-corrected chi connectivity index (χ3v) is 5.02. The second-order valence-corrected chi connectivity index (χ2v) is 7.50. The summed E-state index contributed by atoms with van der Waals surface area (Å²) >= 11 is 6.06. The Bertz CT molecular complexity index is 748. The van der Waals surface area contributed by atoms with Crippen LogP contribution in [0.2, 0.25) is 5.02 Å². The molecule has 0 bridgehead atoms. The van der Waals surface area contributed by atoms with Crippen molar-refractivity contribution in [3.8, 4) is 11.1 Å². The summed E-state index contributed by atoms with van der Waals surface area (Å²) in [6, 6.07) is 7.68. The van der Waals surface area contributed by atoms with Crippen LogP contribution in [0, 0.1) is 6.92 Å². The molecule has 0 saturated carbocycles. The third-order valence-electron chi connectivity index (χ3n) is 4.76. The van der Waals surface area contributed by atoms with Crippen molar-refractivity contribution < 1.29 is 4.79 Å². The first kappa shape index (κ1) is 20.5. The maximum Gasteiger partial charge on any atom is 0.251 e. The van der Waals surface area contributed by atoms with Gasteiger partial charge in [-0.3, -0.25) is 4.79 Å². The number of benzene rings is 1. The zero-order valence-electron chi connectivity index (χ0n) is 16.3.